The summed E-state index contributed by atoms with van der Waals surface area (Å²) in [6.45, 7) is 0.369. The van der Waals surface area contributed by atoms with Gasteiger partial charge in [0.05, 0.1) is 4.90 Å². The van der Waals surface area contributed by atoms with E-state index in [9.17, 15) is 13.2 Å². The lowest BCUT2D eigenvalue weighted by Crippen LogP contribution is -2.20. The Balaban J connectivity index is 2.21. The first-order valence-corrected chi connectivity index (χ1v) is 5.96. The predicted molar refractivity (Wildman–Crippen MR) is 61.0 cm³/mol. The number of ether oxygens (including phenoxy) is 1. The van der Waals surface area contributed by atoms with E-state index in [4.69, 9.17) is 4.74 Å². The Hall–Kier alpha value is -1.77. The van der Waals surface area contributed by atoms with Crippen molar-refractivity contribution >= 4 is 11.8 Å². The van der Waals surface area contributed by atoms with Gasteiger partial charge in [-0.25, -0.2) is 9.97 Å². The van der Waals surface area contributed by atoms with Gasteiger partial charge in [-0.3, -0.25) is 5.10 Å². The number of rotatable bonds is 4. The second-order valence-corrected chi connectivity index (χ2v) is 4.56. The minimum Gasteiger partial charge on any atom is -0.467 e. The molecular weight excluding hydrogens is 281 g/mol. The average Bonchev–Trinajstić information content (AvgIpc) is 2.82. The molecule has 9 heteroatoms. The number of nitrogens with zero attached hydrogens (tertiary/aromatic N) is 3. The maximum absolute atomic E-state index is 12.2. The summed E-state index contributed by atoms with van der Waals surface area (Å²) in [6, 6.07) is 1.68. The highest BCUT2D eigenvalue weighted by molar-refractivity contribution is 7.99. The molecule has 2 aromatic rings. The monoisotopic (exact) mass is 290 g/mol. The van der Waals surface area contributed by atoms with E-state index in [0.29, 0.717) is 10.1 Å². The van der Waals surface area contributed by atoms with Crippen LogP contribution in [0.4, 0.5) is 13.2 Å². The lowest BCUT2D eigenvalue weighted by molar-refractivity contribution is -0.154. The molecule has 0 aliphatic rings. The van der Waals surface area contributed by atoms with Crippen LogP contribution in [0.3, 0.4) is 0 Å². The van der Waals surface area contributed by atoms with Crippen LogP contribution in [0, 0.1) is 6.92 Å². The summed E-state index contributed by atoms with van der Waals surface area (Å²) in [6.07, 6.45) is -1.70. The van der Waals surface area contributed by atoms with Crippen LogP contribution in [0.1, 0.15) is 5.56 Å². The largest absolute Gasteiger partial charge is 0.467 e. The van der Waals surface area contributed by atoms with Crippen LogP contribution in [-0.2, 0) is 0 Å². The maximum atomic E-state index is 12.2. The number of nitrogens with one attached hydrogen (secondary N) is 1. The minimum atomic E-state index is -4.40. The van der Waals surface area contributed by atoms with E-state index in [1.807, 2.05) is 0 Å². The summed E-state index contributed by atoms with van der Waals surface area (Å²) in [4.78, 5) is 8.19. The molecule has 2 rings (SSSR count). The summed E-state index contributed by atoms with van der Waals surface area (Å²) in [5.41, 5.74) is 0.744. The number of hydrogen-bond acceptors (Lipinski definition) is 5. The van der Waals surface area contributed by atoms with Crippen LogP contribution < -0.4 is 4.74 Å². The highest BCUT2D eigenvalue weighted by atomic mass is 32.2. The fraction of sp³-hybridized carbons (Fsp3) is 0.300. The van der Waals surface area contributed by atoms with Gasteiger partial charge in [0.25, 0.3) is 0 Å². The molecule has 0 aromatic carbocycles. The maximum Gasteiger partial charge on any atom is 0.422 e. The Bertz CT molecular complexity index is 544. The van der Waals surface area contributed by atoms with Crippen molar-refractivity contribution in [1.29, 1.82) is 0 Å². The average molecular weight is 290 g/mol. The van der Waals surface area contributed by atoms with Crippen LogP contribution in [0.5, 0.6) is 5.88 Å². The Morgan fingerprint density at radius 1 is 1.37 bits per heavy atom. The third-order valence-corrected chi connectivity index (χ3v) is 3.12. The van der Waals surface area contributed by atoms with Gasteiger partial charge >= 0.3 is 6.18 Å². The SMILES string of the molecule is Cc1ccnc(OCC(F)(F)F)c1Sc1ncn[nH]1. The summed E-state index contributed by atoms with van der Waals surface area (Å²) in [5, 5.41) is 6.73. The van der Waals surface area contributed by atoms with Gasteiger partial charge in [-0.1, -0.05) is 0 Å². The quantitative estimate of drug-likeness (QED) is 0.937. The van der Waals surface area contributed by atoms with Crippen LogP contribution >= 0.6 is 11.8 Å². The molecule has 0 saturated carbocycles. The molecular formula is C10H9F3N4OS. The van der Waals surface area contributed by atoms with Gasteiger partial charge in [-0.2, -0.15) is 18.3 Å². The number of pyridine rings is 1. The van der Waals surface area contributed by atoms with Crippen molar-refractivity contribution in [2.75, 3.05) is 6.61 Å². The first kappa shape index (κ1) is 13.7. The van der Waals surface area contributed by atoms with Crippen molar-refractivity contribution in [3.05, 3.63) is 24.2 Å². The highest BCUT2D eigenvalue weighted by Gasteiger charge is 2.29. The first-order valence-electron chi connectivity index (χ1n) is 5.14. The second kappa shape index (κ2) is 5.47. The highest BCUT2D eigenvalue weighted by Crippen LogP contribution is 2.34. The lowest BCUT2D eigenvalue weighted by atomic mass is 10.3. The van der Waals surface area contributed by atoms with E-state index in [0.717, 1.165) is 17.3 Å². The van der Waals surface area contributed by atoms with Crippen LogP contribution in [0.25, 0.3) is 0 Å². The molecule has 5 nitrogen and oxygen atoms in total. The van der Waals surface area contributed by atoms with Gasteiger partial charge in [0.2, 0.25) is 5.88 Å². The van der Waals surface area contributed by atoms with Crippen molar-refractivity contribution in [3.63, 3.8) is 0 Å². The summed E-state index contributed by atoms with van der Waals surface area (Å²) in [5.74, 6) is -0.0706. The molecule has 102 valence electrons. The van der Waals surface area contributed by atoms with E-state index in [1.165, 1.54) is 12.5 Å². The van der Waals surface area contributed by atoms with Crippen molar-refractivity contribution in [2.45, 2.75) is 23.2 Å². The molecule has 2 heterocycles. The molecule has 0 unspecified atom stereocenters. The number of halogens is 3. The van der Waals surface area contributed by atoms with Crippen molar-refractivity contribution in [3.8, 4) is 5.88 Å². The molecule has 0 atom stereocenters. The Morgan fingerprint density at radius 2 is 2.16 bits per heavy atom. The smallest absolute Gasteiger partial charge is 0.422 e. The van der Waals surface area contributed by atoms with Crippen molar-refractivity contribution in [2.24, 2.45) is 0 Å². The van der Waals surface area contributed by atoms with E-state index in [-0.39, 0.29) is 5.88 Å². The molecule has 1 N–H and O–H groups in total. The predicted octanol–water partition coefficient (Wildman–Crippen LogP) is 2.60. The molecule has 0 saturated heterocycles. The van der Waals surface area contributed by atoms with E-state index >= 15 is 0 Å². The van der Waals surface area contributed by atoms with Crippen LogP contribution in [0.15, 0.2) is 28.6 Å². The summed E-state index contributed by atoms with van der Waals surface area (Å²) < 4.78 is 41.2. The molecule has 0 bridgehead atoms. The summed E-state index contributed by atoms with van der Waals surface area (Å²) >= 11 is 1.11. The Morgan fingerprint density at radius 3 is 2.79 bits per heavy atom. The van der Waals surface area contributed by atoms with Gasteiger partial charge in [-0.15, -0.1) is 0 Å². The fourth-order valence-electron chi connectivity index (χ4n) is 1.24. The molecule has 0 radical (unpaired) electrons. The normalized spacial score (nSPS) is 11.6. The summed E-state index contributed by atoms with van der Waals surface area (Å²) in [7, 11) is 0. The van der Waals surface area contributed by atoms with Crippen LogP contribution in [-0.4, -0.2) is 32.9 Å². The topological polar surface area (TPSA) is 63.7 Å². The molecule has 0 aliphatic heterocycles. The zero-order valence-electron chi connectivity index (χ0n) is 9.73. The lowest BCUT2D eigenvalue weighted by Gasteiger charge is -2.12. The van der Waals surface area contributed by atoms with Crippen LogP contribution in [0.2, 0.25) is 0 Å². The Kier molecular flexibility index (Phi) is 3.93. The fourth-order valence-corrected chi connectivity index (χ4v) is 2.06. The zero-order valence-corrected chi connectivity index (χ0v) is 10.5. The molecule has 0 spiro atoms. The Labute approximate surface area is 110 Å². The van der Waals surface area contributed by atoms with E-state index in [2.05, 4.69) is 20.2 Å². The van der Waals surface area contributed by atoms with Gasteiger partial charge in [0.1, 0.15) is 6.33 Å². The first-order chi connectivity index (χ1) is 8.96. The number of aromatic amines is 1. The third kappa shape index (κ3) is 3.85. The number of aryl methyl sites for hydroxylation is 1. The number of alkyl halides is 3. The van der Waals surface area contributed by atoms with Gasteiger partial charge in [-0.05, 0) is 30.3 Å². The van der Waals surface area contributed by atoms with Crippen molar-refractivity contribution < 1.29 is 17.9 Å². The van der Waals surface area contributed by atoms with E-state index < -0.39 is 12.8 Å². The van der Waals surface area contributed by atoms with Gasteiger partial charge in [0, 0.05) is 6.20 Å². The molecule has 0 aliphatic carbocycles. The van der Waals surface area contributed by atoms with Crippen molar-refractivity contribution in [1.82, 2.24) is 20.2 Å². The van der Waals surface area contributed by atoms with Gasteiger partial charge in [0.15, 0.2) is 11.8 Å². The second-order valence-electron chi connectivity index (χ2n) is 3.56. The number of aromatic nitrogens is 4. The third-order valence-electron chi connectivity index (χ3n) is 2.03. The standard InChI is InChI=1S/C10H9F3N4OS/c1-6-2-3-14-8(18-4-10(11,12)13)7(6)19-9-15-5-16-17-9/h2-3,5H,4H2,1H3,(H,15,16,17). The molecule has 19 heavy (non-hydrogen) atoms. The molecule has 2 aromatic heterocycles. The molecule has 0 amide bonds. The minimum absolute atomic E-state index is 0.0706. The van der Waals surface area contributed by atoms with Gasteiger partial charge < -0.3 is 4.74 Å². The molecule has 0 fully saturated rings. The zero-order chi connectivity index (χ0) is 13.9. The number of hydrogen-bond donors (Lipinski definition) is 1. The number of H-pyrrole nitrogens is 1. The van der Waals surface area contributed by atoms with E-state index in [1.54, 1.807) is 13.0 Å².